The molecule has 0 aliphatic heterocycles. The fraction of sp³-hybridized carbons (Fsp3) is 0.900. The van der Waals surface area contributed by atoms with Crippen molar-refractivity contribution in [2.45, 2.75) is 143 Å². The molecule has 0 aliphatic rings. The number of carbonyl (C=O) groups is 1. The van der Waals surface area contributed by atoms with Crippen molar-refractivity contribution in [2.24, 2.45) is 0 Å². The highest BCUT2D eigenvalue weighted by Gasteiger charge is 2.26. The molecular weight excluding hydrogens is 406 g/mol. The van der Waals surface area contributed by atoms with Gasteiger partial charge in [-0.15, -0.1) is 0 Å². The number of carbonyl (C=O) groups excluding carboxylic acids is 1. The number of esters is 1. The molecule has 0 bridgehead atoms. The van der Waals surface area contributed by atoms with Crippen molar-refractivity contribution < 1.29 is 14.0 Å². The third kappa shape index (κ3) is 19.2. The van der Waals surface area contributed by atoms with Gasteiger partial charge in [-0.1, -0.05) is 111 Å². The second kappa shape index (κ2) is 22.9. The molecule has 1 unspecified atom stereocenters. The molecule has 0 fully saturated rings. The van der Waals surface area contributed by atoms with Gasteiger partial charge in [0.25, 0.3) is 0 Å². The topological polar surface area (TPSA) is 26.3 Å². The van der Waals surface area contributed by atoms with E-state index in [1.807, 2.05) is 0 Å². The molecule has 3 heteroatoms. The number of hydrogen-bond donors (Lipinski definition) is 0. The number of rotatable bonds is 25. The van der Waals surface area contributed by atoms with Crippen molar-refractivity contribution in [1.82, 2.24) is 0 Å². The van der Waals surface area contributed by atoms with Crippen LogP contribution in [0, 0.1) is 0 Å². The summed E-state index contributed by atoms with van der Waals surface area (Å²) in [6.45, 7) is 17.5. The summed E-state index contributed by atoms with van der Waals surface area (Å²) < 4.78 is 6.68. The lowest BCUT2D eigenvalue weighted by Gasteiger charge is -2.39. The molecule has 0 aromatic carbocycles. The maximum Gasteiger partial charge on any atom is 0.333 e. The maximum atomic E-state index is 11.9. The number of hydrogen-bond acceptors (Lipinski definition) is 2. The van der Waals surface area contributed by atoms with Gasteiger partial charge in [0.05, 0.1) is 19.6 Å². The first-order chi connectivity index (χ1) is 16.0. The lowest BCUT2D eigenvalue weighted by Crippen LogP contribution is -2.52. The Morgan fingerprint density at radius 1 is 0.576 bits per heavy atom. The van der Waals surface area contributed by atoms with Gasteiger partial charge in [0.2, 0.25) is 0 Å². The van der Waals surface area contributed by atoms with Crippen molar-refractivity contribution >= 4 is 5.97 Å². The molecule has 0 radical (unpaired) electrons. The Hall–Kier alpha value is -0.830. The van der Waals surface area contributed by atoms with E-state index in [0.717, 1.165) is 11.0 Å². The predicted octanol–water partition coefficient (Wildman–Crippen LogP) is 9.00. The fourth-order valence-electron chi connectivity index (χ4n) is 4.78. The van der Waals surface area contributed by atoms with Crippen LogP contribution in [0.15, 0.2) is 12.2 Å². The number of unbranched alkanes of at least 4 members (excludes halogenated alkanes) is 15. The van der Waals surface area contributed by atoms with Gasteiger partial charge in [-0.3, -0.25) is 0 Å². The first kappa shape index (κ1) is 32.2. The van der Waals surface area contributed by atoms with E-state index in [1.165, 1.54) is 135 Å². The molecule has 196 valence electrons. The summed E-state index contributed by atoms with van der Waals surface area (Å²) in [6.07, 6.45) is 24.4. The molecule has 0 heterocycles. The van der Waals surface area contributed by atoms with Crippen LogP contribution in [-0.4, -0.2) is 43.2 Å². The van der Waals surface area contributed by atoms with Crippen LogP contribution in [0.25, 0.3) is 0 Å². The van der Waals surface area contributed by atoms with Crippen molar-refractivity contribution in [3.63, 3.8) is 0 Å². The minimum atomic E-state index is -0.234. The predicted molar refractivity (Wildman–Crippen MR) is 146 cm³/mol. The lowest BCUT2D eigenvalue weighted by molar-refractivity contribution is -0.929. The number of nitrogens with zero attached hydrogens (tertiary/aromatic N) is 1. The Bertz CT molecular complexity index is 462. The minimum Gasteiger partial charge on any atom is -0.456 e. The van der Waals surface area contributed by atoms with Crippen LogP contribution in [0.5, 0.6) is 0 Å². The Morgan fingerprint density at radius 3 is 1.33 bits per heavy atom. The van der Waals surface area contributed by atoms with Gasteiger partial charge in [0.1, 0.15) is 13.2 Å². The van der Waals surface area contributed by atoms with E-state index in [9.17, 15) is 4.79 Å². The average molecular weight is 467 g/mol. The van der Waals surface area contributed by atoms with E-state index in [0.29, 0.717) is 12.2 Å². The second-order valence-electron chi connectivity index (χ2n) is 10.5. The van der Waals surface area contributed by atoms with Crippen molar-refractivity contribution in [3.05, 3.63) is 12.2 Å². The molecule has 0 N–H and O–H groups in total. The summed E-state index contributed by atoms with van der Waals surface area (Å²) in [5.74, 6) is -0.234. The van der Waals surface area contributed by atoms with E-state index in [2.05, 4.69) is 27.4 Å². The standard InChI is InChI=1S/C30H60NO2/c1-6-9-12-14-16-17-18-19-21-23-26-31(24-11-8-3,25-22-20-15-13-10-7-2)27-28-33-30(32)29(4)5/h4,6-28H2,1-3,5H3/q+1. The number of quaternary nitrogens is 1. The van der Waals surface area contributed by atoms with Gasteiger partial charge in [-0.05, 0) is 39.0 Å². The normalized spacial score (nSPS) is 13.1. The molecule has 3 nitrogen and oxygen atoms in total. The Morgan fingerprint density at radius 2 is 0.939 bits per heavy atom. The maximum absolute atomic E-state index is 11.9. The van der Waals surface area contributed by atoms with E-state index in [1.54, 1.807) is 6.92 Å². The Labute approximate surface area is 208 Å². The molecule has 1 atom stereocenters. The summed E-state index contributed by atoms with van der Waals surface area (Å²) in [5.41, 5.74) is 0.507. The first-order valence-corrected chi connectivity index (χ1v) is 14.7. The molecule has 0 saturated carbocycles. The van der Waals surface area contributed by atoms with Crippen LogP contribution in [-0.2, 0) is 9.53 Å². The summed E-state index contributed by atoms with van der Waals surface area (Å²) in [7, 11) is 0. The molecule has 0 aromatic heterocycles. The van der Waals surface area contributed by atoms with Gasteiger partial charge in [-0.2, -0.15) is 0 Å². The molecule has 0 rings (SSSR count). The van der Waals surface area contributed by atoms with Crippen LogP contribution in [0.2, 0.25) is 0 Å². The molecule has 33 heavy (non-hydrogen) atoms. The van der Waals surface area contributed by atoms with Gasteiger partial charge < -0.3 is 9.22 Å². The Kier molecular flexibility index (Phi) is 22.4. The zero-order chi connectivity index (χ0) is 24.6. The monoisotopic (exact) mass is 466 g/mol. The summed E-state index contributed by atoms with van der Waals surface area (Å²) >= 11 is 0. The smallest absolute Gasteiger partial charge is 0.333 e. The molecular formula is C30H60NO2+. The van der Waals surface area contributed by atoms with Crippen LogP contribution in [0.3, 0.4) is 0 Å². The van der Waals surface area contributed by atoms with Crippen LogP contribution in [0.1, 0.15) is 143 Å². The second-order valence-corrected chi connectivity index (χ2v) is 10.5. The molecule has 0 aliphatic carbocycles. The van der Waals surface area contributed by atoms with E-state index >= 15 is 0 Å². The number of ether oxygens (including phenoxy) is 1. The lowest BCUT2D eigenvalue weighted by atomic mass is 10.1. The first-order valence-electron chi connectivity index (χ1n) is 14.7. The summed E-state index contributed by atoms with van der Waals surface area (Å²) in [4.78, 5) is 11.9. The van der Waals surface area contributed by atoms with Crippen LogP contribution < -0.4 is 0 Å². The third-order valence-electron chi connectivity index (χ3n) is 7.11. The van der Waals surface area contributed by atoms with Gasteiger partial charge in [0, 0.05) is 5.57 Å². The third-order valence-corrected chi connectivity index (χ3v) is 7.11. The quantitative estimate of drug-likeness (QED) is 0.0580. The van der Waals surface area contributed by atoms with Crippen molar-refractivity contribution in [1.29, 1.82) is 0 Å². The zero-order valence-corrected chi connectivity index (χ0v) is 23.2. The minimum absolute atomic E-state index is 0.234. The van der Waals surface area contributed by atoms with Gasteiger partial charge in [-0.25, -0.2) is 4.79 Å². The van der Waals surface area contributed by atoms with Crippen LogP contribution >= 0.6 is 0 Å². The summed E-state index contributed by atoms with van der Waals surface area (Å²) in [5, 5.41) is 0. The highest BCUT2D eigenvalue weighted by atomic mass is 16.5. The van der Waals surface area contributed by atoms with Gasteiger partial charge >= 0.3 is 5.97 Å². The SMILES string of the molecule is C=C(C)C(=O)OCC[N+](CCCC)(CCCCCCCC)CCCCCCCCCCCC. The van der Waals surface area contributed by atoms with E-state index < -0.39 is 0 Å². The molecule has 0 aromatic rings. The van der Waals surface area contributed by atoms with E-state index in [4.69, 9.17) is 4.74 Å². The molecule has 0 saturated heterocycles. The zero-order valence-electron chi connectivity index (χ0n) is 23.2. The van der Waals surface area contributed by atoms with Crippen molar-refractivity contribution in [2.75, 3.05) is 32.8 Å². The molecule has 0 spiro atoms. The van der Waals surface area contributed by atoms with Crippen LogP contribution in [0.4, 0.5) is 0 Å². The largest absolute Gasteiger partial charge is 0.456 e. The van der Waals surface area contributed by atoms with Crippen molar-refractivity contribution in [3.8, 4) is 0 Å². The molecule has 0 amide bonds. The fourth-order valence-corrected chi connectivity index (χ4v) is 4.78. The average Bonchev–Trinajstić information content (AvgIpc) is 2.80. The highest BCUT2D eigenvalue weighted by Crippen LogP contribution is 2.18. The van der Waals surface area contributed by atoms with Gasteiger partial charge in [0.15, 0.2) is 0 Å². The summed E-state index contributed by atoms with van der Waals surface area (Å²) in [6, 6.07) is 0. The van der Waals surface area contributed by atoms with E-state index in [-0.39, 0.29) is 5.97 Å². The highest BCUT2D eigenvalue weighted by molar-refractivity contribution is 5.86. The Balaban J connectivity index is 4.58.